The van der Waals surface area contributed by atoms with Gasteiger partial charge >= 0.3 is 0 Å². The third-order valence-corrected chi connectivity index (χ3v) is 3.05. The van der Waals surface area contributed by atoms with Crippen molar-refractivity contribution >= 4 is 23.7 Å². The maximum absolute atomic E-state index is 2.41. The molecule has 1 rings (SSSR count). The second-order valence-corrected chi connectivity index (χ2v) is 3.83. The Balaban J connectivity index is 2.13. The van der Waals surface area contributed by atoms with Crippen LogP contribution >= 0.6 is 23.7 Å². The second-order valence-electron chi connectivity index (χ2n) is 1.72. The van der Waals surface area contributed by atoms with E-state index in [1.165, 1.54) is 24.6 Å². The lowest BCUT2D eigenvalue weighted by atomic mass is 10.6. The topological polar surface area (TPSA) is 3.24 Å². The zero-order valence-electron chi connectivity index (χ0n) is 5.09. The number of nitrogens with zero attached hydrogens (tertiary/aromatic N) is 1. The van der Waals surface area contributed by atoms with Gasteiger partial charge in [0, 0.05) is 24.6 Å². The van der Waals surface area contributed by atoms with Gasteiger partial charge in [0.2, 0.25) is 0 Å². The molecule has 1 saturated heterocycles. The molecular formula is C5H11NS2. The summed E-state index contributed by atoms with van der Waals surface area (Å²) in [6, 6.07) is 0. The van der Waals surface area contributed by atoms with E-state index < -0.39 is 0 Å². The van der Waals surface area contributed by atoms with Crippen LogP contribution in [-0.4, -0.2) is 35.2 Å². The minimum atomic E-state index is 1.27. The molecule has 1 aliphatic heterocycles. The largest absolute Gasteiger partial charge is 0.249 e. The number of hydrogen-bond donors (Lipinski definition) is 0. The van der Waals surface area contributed by atoms with Crippen LogP contribution in [0.15, 0.2) is 0 Å². The number of thioether (sulfide) groups is 1. The molecule has 0 aromatic heterocycles. The summed E-state index contributed by atoms with van der Waals surface area (Å²) >= 11 is 3.92. The van der Waals surface area contributed by atoms with Crippen LogP contribution in [0.3, 0.4) is 0 Å². The van der Waals surface area contributed by atoms with Crippen molar-refractivity contribution in [3.8, 4) is 0 Å². The van der Waals surface area contributed by atoms with E-state index in [9.17, 15) is 0 Å². The van der Waals surface area contributed by atoms with Crippen LogP contribution in [0, 0.1) is 0 Å². The fourth-order valence-electron chi connectivity index (χ4n) is 0.729. The van der Waals surface area contributed by atoms with Gasteiger partial charge in [-0.15, -0.1) is 0 Å². The predicted octanol–water partition coefficient (Wildman–Crippen LogP) is 1.31. The van der Waals surface area contributed by atoms with Crippen molar-refractivity contribution in [1.82, 2.24) is 4.31 Å². The highest BCUT2D eigenvalue weighted by Gasteiger charge is 2.06. The average Bonchev–Trinajstić information content (AvgIpc) is 1.90. The van der Waals surface area contributed by atoms with Gasteiger partial charge in [0.15, 0.2) is 0 Å². The molecule has 0 atom stereocenters. The Bertz CT molecular complexity index is 61.4. The van der Waals surface area contributed by atoms with Crippen molar-refractivity contribution in [2.45, 2.75) is 0 Å². The van der Waals surface area contributed by atoms with E-state index in [2.05, 4.69) is 22.3 Å². The predicted molar refractivity (Wildman–Crippen MR) is 42.4 cm³/mol. The Morgan fingerprint density at radius 2 is 2.00 bits per heavy atom. The smallest absolute Gasteiger partial charge is 0.0181 e. The van der Waals surface area contributed by atoms with Crippen LogP contribution in [0.4, 0.5) is 0 Å². The number of rotatable bonds is 1. The van der Waals surface area contributed by atoms with Gasteiger partial charge in [-0.05, 0) is 6.26 Å². The molecule has 0 aromatic rings. The minimum Gasteiger partial charge on any atom is -0.249 e. The molecule has 8 heavy (non-hydrogen) atoms. The Labute approximate surface area is 59.3 Å². The molecule has 0 aromatic carbocycles. The lowest BCUT2D eigenvalue weighted by Crippen LogP contribution is -2.25. The summed E-state index contributed by atoms with van der Waals surface area (Å²) in [6.45, 7) is 2.54. The van der Waals surface area contributed by atoms with Gasteiger partial charge in [0.05, 0.1) is 0 Å². The zero-order chi connectivity index (χ0) is 5.82. The van der Waals surface area contributed by atoms with Crippen LogP contribution in [-0.2, 0) is 0 Å². The average molecular weight is 149 g/mol. The van der Waals surface area contributed by atoms with Crippen molar-refractivity contribution < 1.29 is 0 Å². The molecule has 0 amide bonds. The first-order chi connectivity index (χ1) is 3.93. The summed E-state index contributed by atoms with van der Waals surface area (Å²) in [5.74, 6) is 2.64. The second kappa shape index (κ2) is 3.64. The summed E-state index contributed by atoms with van der Waals surface area (Å²) in [5, 5.41) is 0. The van der Waals surface area contributed by atoms with Crippen molar-refractivity contribution in [1.29, 1.82) is 0 Å². The van der Waals surface area contributed by atoms with Crippen molar-refractivity contribution in [2.24, 2.45) is 0 Å². The van der Waals surface area contributed by atoms with Gasteiger partial charge in [-0.3, -0.25) is 0 Å². The molecule has 0 aliphatic carbocycles. The molecule has 1 aliphatic rings. The van der Waals surface area contributed by atoms with Crippen LogP contribution in [0.2, 0.25) is 0 Å². The highest BCUT2D eigenvalue weighted by atomic mass is 32.2. The first-order valence-electron chi connectivity index (χ1n) is 2.80. The first-order valence-corrected chi connectivity index (χ1v) is 5.14. The zero-order valence-corrected chi connectivity index (χ0v) is 6.73. The van der Waals surface area contributed by atoms with Gasteiger partial charge in [0.25, 0.3) is 0 Å². The maximum Gasteiger partial charge on any atom is 0.0181 e. The van der Waals surface area contributed by atoms with E-state index in [1.54, 1.807) is 0 Å². The van der Waals surface area contributed by atoms with Crippen LogP contribution in [0.25, 0.3) is 0 Å². The molecule has 0 N–H and O–H groups in total. The van der Waals surface area contributed by atoms with Crippen molar-refractivity contribution in [3.63, 3.8) is 0 Å². The van der Waals surface area contributed by atoms with E-state index in [0.29, 0.717) is 0 Å². The minimum absolute atomic E-state index is 1.27. The van der Waals surface area contributed by atoms with Crippen LogP contribution < -0.4 is 0 Å². The lowest BCUT2D eigenvalue weighted by Gasteiger charge is -2.22. The van der Waals surface area contributed by atoms with Gasteiger partial charge < -0.3 is 0 Å². The van der Waals surface area contributed by atoms with Gasteiger partial charge in [0.1, 0.15) is 0 Å². The van der Waals surface area contributed by atoms with Crippen molar-refractivity contribution in [2.75, 3.05) is 30.9 Å². The van der Waals surface area contributed by atoms with Crippen molar-refractivity contribution in [3.05, 3.63) is 0 Å². The Morgan fingerprint density at radius 3 is 2.38 bits per heavy atom. The van der Waals surface area contributed by atoms with Gasteiger partial charge in [-0.2, -0.15) is 11.8 Å². The third-order valence-electron chi connectivity index (χ3n) is 1.23. The SMILES string of the molecule is CSN1CCSCC1. The van der Waals surface area contributed by atoms with E-state index >= 15 is 0 Å². The summed E-state index contributed by atoms with van der Waals surface area (Å²) in [6.07, 6.45) is 2.15. The normalized spacial score (nSPS) is 23.6. The molecule has 0 radical (unpaired) electrons. The summed E-state index contributed by atoms with van der Waals surface area (Å²) < 4.78 is 2.41. The summed E-state index contributed by atoms with van der Waals surface area (Å²) in [4.78, 5) is 0. The monoisotopic (exact) mass is 149 g/mol. The van der Waals surface area contributed by atoms with E-state index in [1.807, 2.05) is 11.9 Å². The van der Waals surface area contributed by atoms with Gasteiger partial charge in [-0.25, -0.2) is 4.31 Å². The number of hydrogen-bond acceptors (Lipinski definition) is 3. The fourth-order valence-corrected chi connectivity index (χ4v) is 2.41. The molecule has 48 valence electrons. The first kappa shape index (κ1) is 6.78. The standard InChI is InChI=1S/C5H11NS2/c1-7-6-2-4-8-5-3-6/h2-5H2,1H3. The highest BCUT2D eigenvalue weighted by molar-refractivity contribution is 7.99. The molecule has 1 fully saturated rings. The van der Waals surface area contributed by atoms with E-state index in [0.717, 1.165) is 0 Å². The molecule has 0 saturated carbocycles. The highest BCUT2D eigenvalue weighted by Crippen LogP contribution is 2.14. The molecule has 3 heteroatoms. The van der Waals surface area contributed by atoms with E-state index in [-0.39, 0.29) is 0 Å². The van der Waals surface area contributed by atoms with Crippen LogP contribution in [0.1, 0.15) is 0 Å². The molecule has 1 heterocycles. The molecule has 0 unspecified atom stereocenters. The lowest BCUT2D eigenvalue weighted by molar-refractivity contribution is 0.524. The van der Waals surface area contributed by atoms with E-state index in [4.69, 9.17) is 0 Å². The molecule has 1 nitrogen and oxygen atoms in total. The summed E-state index contributed by atoms with van der Waals surface area (Å²) in [5.41, 5.74) is 0. The Hall–Kier alpha value is 0.660. The third kappa shape index (κ3) is 1.88. The Kier molecular flexibility index (Phi) is 3.08. The molecule has 0 bridgehead atoms. The fraction of sp³-hybridized carbons (Fsp3) is 1.00. The van der Waals surface area contributed by atoms with Crippen LogP contribution in [0.5, 0.6) is 0 Å². The Morgan fingerprint density at radius 1 is 1.38 bits per heavy atom. The summed E-state index contributed by atoms with van der Waals surface area (Å²) in [7, 11) is 0. The molecule has 0 spiro atoms. The molecular weight excluding hydrogens is 138 g/mol. The maximum atomic E-state index is 2.41. The van der Waals surface area contributed by atoms with Gasteiger partial charge in [-0.1, -0.05) is 11.9 Å². The quantitative estimate of drug-likeness (QED) is 0.518.